The van der Waals surface area contributed by atoms with Crippen LogP contribution in [0.2, 0.25) is 0 Å². The number of amides is 1. The van der Waals surface area contributed by atoms with E-state index in [1.54, 1.807) is 6.92 Å². The lowest BCUT2D eigenvalue weighted by Gasteiger charge is -2.20. The summed E-state index contributed by atoms with van der Waals surface area (Å²) >= 11 is 0. The van der Waals surface area contributed by atoms with Crippen LogP contribution in [0, 0.1) is 5.41 Å². The van der Waals surface area contributed by atoms with Gasteiger partial charge in [0.2, 0.25) is 5.91 Å². The number of primary amides is 1. The number of Topliss-reactive ketones (excluding diaryl/α,β-unsaturated/α-hetero) is 1. The molecule has 1 fully saturated rings. The van der Waals surface area contributed by atoms with Gasteiger partial charge in [-0.3, -0.25) is 4.79 Å². The van der Waals surface area contributed by atoms with E-state index >= 15 is 0 Å². The van der Waals surface area contributed by atoms with E-state index in [4.69, 9.17) is 5.73 Å². The molecule has 1 unspecified atom stereocenters. The minimum Gasteiger partial charge on any atom is -0.369 e. The SMILES string of the molecule is CC(=O)CCCN1CCC(C)(C(N)=O)C1. The standard InChI is InChI=1S/C11H20N2O2/c1-9(14)4-3-6-13-7-5-11(2,8-13)10(12)15/h3-8H2,1-2H3,(H2,12,15). The molecule has 4 nitrogen and oxygen atoms in total. The summed E-state index contributed by atoms with van der Waals surface area (Å²) in [6.45, 7) is 6.07. The molecule has 1 aliphatic rings. The van der Waals surface area contributed by atoms with Crippen LogP contribution in [0.4, 0.5) is 0 Å². The topological polar surface area (TPSA) is 63.4 Å². The van der Waals surface area contributed by atoms with E-state index in [-0.39, 0.29) is 17.1 Å². The van der Waals surface area contributed by atoms with Crippen LogP contribution in [-0.2, 0) is 9.59 Å². The van der Waals surface area contributed by atoms with Gasteiger partial charge in [0.25, 0.3) is 0 Å². The summed E-state index contributed by atoms with van der Waals surface area (Å²) < 4.78 is 0. The molecule has 0 bridgehead atoms. The molecule has 0 radical (unpaired) electrons. The molecule has 0 spiro atoms. The third kappa shape index (κ3) is 3.30. The maximum absolute atomic E-state index is 11.2. The van der Waals surface area contributed by atoms with E-state index in [1.165, 1.54) is 0 Å². The number of nitrogens with two attached hydrogens (primary N) is 1. The van der Waals surface area contributed by atoms with Gasteiger partial charge in [-0.15, -0.1) is 0 Å². The van der Waals surface area contributed by atoms with Crippen molar-refractivity contribution in [2.75, 3.05) is 19.6 Å². The fourth-order valence-electron chi connectivity index (χ4n) is 2.00. The summed E-state index contributed by atoms with van der Waals surface area (Å²) in [5, 5.41) is 0. The average Bonchev–Trinajstić information content (AvgIpc) is 2.48. The summed E-state index contributed by atoms with van der Waals surface area (Å²) in [6, 6.07) is 0. The van der Waals surface area contributed by atoms with Crippen LogP contribution < -0.4 is 5.73 Å². The van der Waals surface area contributed by atoms with Crippen LogP contribution >= 0.6 is 0 Å². The summed E-state index contributed by atoms with van der Waals surface area (Å²) in [7, 11) is 0. The van der Waals surface area contributed by atoms with E-state index in [2.05, 4.69) is 4.90 Å². The maximum Gasteiger partial charge on any atom is 0.224 e. The monoisotopic (exact) mass is 212 g/mol. The molecule has 1 aliphatic heterocycles. The van der Waals surface area contributed by atoms with Gasteiger partial charge in [-0.25, -0.2) is 0 Å². The zero-order chi connectivity index (χ0) is 11.5. The van der Waals surface area contributed by atoms with E-state index in [0.717, 1.165) is 32.5 Å². The first-order valence-corrected chi connectivity index (χ1v) is 5.46. The van der Waals surface area contributed by atoms with Gasteiger partial charge in [0.15, 0.2) is 0 Å². The van der Waals surface area contributed by atoms with Crippen molar-refractivity contribution < 1.29 is 9.59 Å². The number of carbonyl (C=O) groups is 2. The van der Waals surface area contributed by atoms with Crippen molar-refractivity contribution >= 4 is 11.7 Å². The van der Waals surface area contributed by atoms with Crippen LogP contribution in [0.25, 0.3) is 0 Å². The van der Waals surface area contributed by atoms with E-state index in [1.807, 2.05) is 6.92 Å². The second-order valence-electron chi connectivity index (χ2n) is 4.76. The fourth-order valence-corrected chi connectivity index (χ4v) is 2.00. The highest BCUT2D eigenvalue weighted by Crippen LogP contribution is 2.29. The normalized spacial score (nSPS) is 26.8. The third-order valence-corrected chi connectivity index (χ3v) is 3.15. The Labute approximate surface area is 90.8 Å². The van der Waals surface area contributed by atoms with Gasteiger partial charge in [-0.05, 0) is 39.8 Å². The molecule has 1 rings (SSSR count). The van der Waals surface area contributed by atoms with Crippen molar-refractivity contribution in [2.45, 2.75) is 33.1 Å². The Morgan fingerprint density at radius 3 is 2.60 bits per heavy atom. The number of rotatable bonds is 5. The van der Waals surface area contributed by atoms with Crippen molar-refractivity contribution in [3.63, 3.8) is 0 Å². The molecule has 86 valence electrons. The average molecular weight is 212 g/mol. The molecule has 1 atom stereocenters. The Morgan fingerprint density at radius 2 is 2.13 bits per heavy atom. The van der Waals surface area contributed by atoms with E-state index in [9.17, 15) is 9.59 Å². The molecule has 0 saturated carbocycles. The van der Waals surface area contributed by atoms with Crippen LogP contribution in [-0.4, -0.2) is 36.2 Å². The van der Waals surface area contributed by atoms with Crippen molar-refractivity contribution in [2.24, 2.45) is 11.1 Å². The number of nitrogens with zero attached hydrogens (tertiary/aromatic N) is 1. The van der Waals surface area contributed by atoms with Gasteiger partial charge < -0.3 is 15.4 Å². The predicted octanol–water partition coefficient (Wildman–Crippen LogP) is 0.553. The highest BCUT2D eigenvalue weighted by atomic mass is 16.1. The highest BCUT2D eigenvalue weighted by Gasteiger charge is 2.38. The minimum atomic E-state index is -0.365. The molecular weight excluding hydrogens is 192 g/mol. The number of hydrogen-bond donors (Lipinski definition) is 1. The first-order valence-electron chi connectivity index (χ1n) is 5.46. The molecule has 1 saturated heterocycles. The van der Waals surface area contributed by atoms with Crippen LogP contribution in [0.15, 0.2) is 0 Å². The van der Waals surface area contributed by atoms with Crippen LogP contribution in [0.1, 0.15) is 33.1 Å². The van der Waals surface area contributed by atoms with Gasteiger partial charge in [0.1, 0.15) is 5.78 Å². The van der Waals surface area contributed by atoms with Crippen molar-refractivity contribution in [1.82, 2.24) is 4.90 Å². The van der Waals surface area contributed by atoms with Crippen molar-refractivity contribution in [3.8, 4) is 0 Å². The number of likely N-dealkylation sites (tertiary alicyclic amines) is 1. The summed E-state index contributed by atoms with van der Waals surface area (Å²) in [5.41, 5.74) is 4.99. The molecule has 0 aromatic rings. The summed E-state index contributed by atoms with van der Waals surface area (Å²) in [6.07, 6.45) is 2.34. The van der Waals surface area contributed by atoms with Gasteiger partial charge in [0, 0.05) is 13.0 Å². The lowest BCUT2D eigenvalue weighted by Crippen LogP contribution is -2.37. The Balaban J connectivity index is 2.30. The Kier molecular flexibility index (Phi) is 3.85. The zero-order valence-electron chi connectivity index (χ0n) is 9.58. The van der Waals surface area contributed by atoms with Crippen LogP contribution in [0.3, 0.4) is 0 Å². The third-order valence-electron chi connectivity index (χ3n) is 3.15. The Morgan fingerprint density at radius 1 is 1.47 bits per heavy atom. The van der Waals surface area contributed by atoms with Crippen molar-refractivity contribution in [1.29, 1.82) is 0 Å². The van der Waals surface area contributed by atoms with Crippen molar-refractivity contribution in [3.05, 3.63) is 0 Å². The second-order valence-corrected chi connectivity index (χ2v) is 4.76. The van der Waals surface area contributed by atoms with E-state index < -0.39 is 0 Å². The summed E-state index contributed by atoms with van der Waals surface area (Å²) in [5.74, 6) is 0.0171. The quantitative estimate of drug-likeness (QED) is 0.724. The van der Waals surface area contributed by atoms with Gasteiger partial charge >= 0.3 is 0 Å². The molecular formula is C11H20N2O2. The lowest BCUT2D eigenvalue weighted by atomic mass is 9.89. The maximum atomic E-state index is 11.2. The molecule has 4 heteroatoms. The largest absolute Gasteiger partial charge is 0.369 e. The molecule has 0 aliphatic carbocycles. The number of ketones is 1. The van der Waals surface area contributed by atoms with Gasteiger partial charge in [-0.2, -0.15) is 0 Å². The first kappa shape index (κ1) is 12.2. The van der Waals surface area contributed by atoms with Gasteiger partial charge in [0.05, 0.1) is 5.41 Å². The number of carbonyl (C=O) groups excluding carboxylic acids is 2. The molecule has 1 amide bonds. The Bertz CT molecular complexity index is 265. The van der Waals surface area contributed by atoms with Crippen LogP contribution in [0.5, 0.6) is 0 Å². The second kappa shape index (κ2) is 4.75. The molecule has 0 aromatic heterocycles. The highest BCUT2D eigenvalue weighted by molar-refractivity contribution is 5.81. The summed E-state index contributed by atoms with van der Waals surface area (Å²) in [4.78, 5) is 24.2. The number of hydrogen-bond acceptors (Lipinski definition) is 3. The lowest BCUT2D eigenvalue weighted by molar-refractivity contribution is -0.126. The van der Waals surface area contributed by atoms with E-state index in [0.29, 0.717) is 6.42 Å². The Hall–Kier alpha value is -0.900. The molecule has 1 heterocycles. The molecule has 0 aromatic carbocycles. The minimum absolute atomic E-state index is 0.212. The smallest absolute Gasteiger partial charge is 0.224 e. The molecule has 15 heavy (non-hydrogen) atoms. The molecule has 2 N–H and O–H groups in total. The van der Waals surface area contributed by atoms with Gasteiger partial charge in [-0.1, -0.05) is 0 Å². The zero-order valence-corrected chi connectivity index (χ0v) is 9.58. The predicted molar refractivity (Wildman–Crippen MR) is 58.3 cm³/mol. The first-order chi connectivity index (χ1) is 6.94. The fraction of sp³-hybridized carbons (Fsp3) is 0.818.